The highest BCUT2D eigenvalue weighted by Gasteiger charge is 2.08. The average Bonchev–Trinajstić information content (AvgIpc) is 2.75. The summed E-state index contributed by atoms with van der Waals surface area (Å²) in [4.78, 5) is 14.3. The molecule has 0 fully saturated rings. The number of thiophene rings is 1. The van der Waals surface area contributed by atoms with E-state index >= 15 is 0 Å². The zero-order valence-electron chi connectivity index (χ0n) is 9.74. The zero-order valence-corrected chi connectivity index (χ0v) is 11.4. The Morgan fingerprint density at radius 3 is 2.78 bits per heavy atom. The van der Waals surface area contributed by atoms with Gasteiger partial charge in [0, 0.05) is 20.2 Å². The van der Waals surface area contributed by atoms with Crippen molar-refractivity contribution in [3.63, 3.8) is 0 Å². The van der Waals surface area contributed by atoms with Crippen LogP contribution in [0.3, 0.4) is 0 Å². The van der Waals surface area contributed by atoms with E-state index in [-0.39, 0.29) is 10.8 Å². The normalized spacial score (nSPS) is 10.4. The first kappa shape index (κ1) is 13.1. The van der Waals surface area contributed by atoms with Crippen molar-refractivity contribution in [3.05, 3.63) is 51.5 Å². The maximum atomic E-state index is 13.0. The van der Waals surface area contributed by atoms with Crippen LogP contribution in [0.5, 0.6) is 0 Å². The number of hydrogen-bond acceptors (Lipinski definition) is 3. The first-order valence-corrected chi connectivity index (χ1v) is 6.64. The summed E-state index contributed by atoms with van der Waals surface area (Å²) in [6.07, 6.45) is 0. The Hall–Kier alpha value is -1.33. The molecule has 1 heterocycles. The summed E-state index contributed by atoms with van der Waals surface area (Å²) in [5.74, 6) is -0.653. The number of amides is 1. The molecule has 0 aliphatic rings. The van der Waals surface area contributed by atoms with Crippen LogP contribution in [0.4, 0.5) is 4.39 Å². The van der Waals surface area contributed by atoms with Gasteiger partial charge in [-0.1, -0.05) is 0 Å². The van der Waals surface area contributed by atoms with Gasteiger partial charge in [0.1, 0.15) is 5.82 Å². The van der Waals surface area contributed by atoms with E-state index in [1.807, 2.05) is 19.1 Å². The second kappa shape index (κ2) is 5.54. The Morgan fingerprint density at radius 1 is 1.39 bits per heavy atom. The molecule has 94 valence electrons. The van der Waals surface area contributed by atoms with Crippen molar-refractivity contribution in [3.8, 4) is 0 Å². The van der Waals surface area contributed by atoms with E-state index in [1.54, 1.807) is 11.3 Å². The SMILES string of the molecule is Cc1ccc(CNC(=O)c2ccc(F)c(S)c2)s1. The molecule has 0 bridgehead atoms. The standard InChI is InChI=1S/C13H12FNOS2/c1-8-2-4-10(18-8)7-15-13(16)9-3-5-11(14)12(17)6-9/h2-6,17H,7H2,1H3,(H,15,16). The van der Waals surface area contributed by atoms with Crippen LogP contribution in [0.1, 0.15) is 20.1 Å². The third-order valence-electron chi connectivity index (χ3n) is 2.43. The number of benzene rings is 1. The van der Waals surface area contributed by atoms with E-state index in [9.17, 15) is 9.18 Å². The highest BCUT2D eigenvalue weighted by Crippen LogP contribution is 2.16. The number of carbonyl (C=O) groups excluding carboxylic acids is 1. The molecule has 0 radical (unpaired) electrons. The lowest BCUT2D eigenvalue weighted by Crippen LogP contribution is -2.22. The first-order chi connectivity index (χ1) is 8.56. The van der Waals surface area contributed by atoms with Crippen molar-refractivity contribution >= 4 is 29.9 Å². The van der Waals surface area contributed by atoms with E-state index < -0.39 is 5.82 Å². The number of halogens is 1. The summed E-state index contributed by atoms with van der Waals surface area (Å²) in [5, 5.41) is 2.79. The van der Waals surface area contributed by atoms with Gasteiger partial charge >= 0.3 is 0 Å². The molecule has 2 aromatic rings. The number of rotatable bonds is 3. The quantitative estimate of drug-likeness (QED) is 0.829. The molecule has 0 saturated carbocycles. The highest BCUT2D eigenvalue weighted by atomic mass is 32.1. The third-order valence-corrected chi connectivity index (χ3v) is 3.77. The highest BCUT2D eigenvalue weighted by molar-refractivity contribution is 7.80. The first-order valence-electron chi connectivity index (χ1n) is 5.38. The van der Waals surface area contributed by atoms with E-state index in [1.165, 1.54) is 23.1 Å². The third kappa shape index (κ3) is 3.11. The summed E-state index contributed by atoms with van der Waals surface area (Å²) in [7, 11) is 0. The molecule has 1 aromatic carbocycles. The number of aryl methyl sites for hydroxylation is 1. The van der Waals surface area contributed by atoms with Crippen molar-refractivity contribution in [2.24, 2.45) is 0 Å². The molecule has 0 atom stereocenters. The fourth-order valence-corrected chi connectivity index (χ4v) is 2.55. The van der Waals surface area contributed by atoms with Gasteiger partial charge in [0.25, 0.3) is 5.91 Å². The molecule has 0 unspecified atom stereocenters. The van der Waals surface area contributed by atoms with Crippen LogP contribution in [0, 0.1) is 12.7 Å². The Bertz CT molecular complexity index is 580. The average molecular weight is 281 g/mol. The summed E-state index contributed by atoms with van der Waals surface area (Å²) >= 11 is 5.59. The van der Waals surface area contributed by atoms with Gasteiger partial charge in [-0.2, -0.15) is 0 Å². The molecule has 2 rings (SSSR count). The number of carbonyl (C=O) groups is 1. The molecular weight excluding hydrogens is 269 g/mol. The van der Waals surface area contributed by atoms with E-state index in [0.29, 0.717) is 12.1 Å². The van der Waals surface area contributed by atoms with E-state index in [4.69, 9.17) is 0 Å². The summed E-state index contributed by atoms with van der Waals surface area (Å²) in [5.41, 5.74) is 0.412. The second-order valence-electron chi connectivity index (χ2n) is 3.86. The second-order valence-corrected chi connectivity index (χ2v) is 5.72. The van der Waals surface area contributed by atoms with Crippen molar-refractivity contribution < 1.29 is 9.18 Å². The monoisotopic (exact) mass is 281 g/mol. The molecule has 1 aromatic heterocycles. The van der Waals surface area contributed by atoms with E-state index in [0.717, 1.165) is 4.88 Å². The molecular formula is C13H12FNOS2. The number of thiol groups is 1. The summed E-state index contributed by atoms with van der Waals surface area (Å²) < 4.78 is 13.0. The van der Waals surface area contributed by atoms with Crippen LogP contribution in [-0.4, -0.2) is 5.91 Å². The van der Waals surface area contributed by atoms with Gasteiger partial charge in [-0.25, -0.2) is 4.39 Å². The van der Waals surface area contributed by atoms with Crippen LogP contribution in [0.25, 0.3) is 0 Å². The minimum atomic E-state index is -0.427. The van der Waals surface area contributed by atoms with Crippen LogP contribution >= 0.6 is 24.0 Å². The molecule has 5 heteroatoms. The zero-order chi connectivity index (χ0) is 13.1. The summed E-state index contributed by atoms with van der Waals surface area (Å²) in [6.45, 7) is 2.50. The molecule has 0 aliphatic heterocycles. The minimum absolute atomic E-state index is 0.176. The smallest absolute Gasteiger partial charge is 0.251 e. The van der Waals surface area contributed by atoms with Crippen LogP contribution < -0.4 is 5.32 Å². The lowest BCUT2D eigenvalue weighted by atomic mass is 10.2. The van der Waals surface area contributed by atoms with Crippen molar-refractivity contribution in [1.29, 1.82) is 0 Å². The van der Waals surface area contributed by atoms with Gasteiger partial charge in [0.2, 0.25) is 0 Å². The molecule has 2 nitrogen and oxygen atoms in total. The lowest BCUT2D eigenvalue weighted by molar-refractivity contribution is 0.0951. The number of hydrogen-bond donors (Lipinski definition) is 2. The maximum absolute atomic E-state index is 13.0. The lowest BCUT2D eigenvalue weighted by Gasteiger charge is -2.04. The minimum Gasteiger partial charge on any atom is -0.347 e. The molecule has 1 amide bonds. The van der Waals surface area contributed by atoms with Gasteiger partial charge in [-0.3, -0.25) is 4.79 Å². The Balaban J connectivity index is 2.01. The molecule has 18 heavy (non-hydrogen) atoms. The van der Waals surface area contributed by atoms with Gasteiger partial charge < -0.3 is 5.32 Å². The van der Waals surface area contributed by atoms with Crippen LogP contribution in [0.2, 0.25) is 0 Å². The Morgan fingerprint density at radius 2 is 2.17 bits per heavy atom. The predicted molar refractivity (Wildman–Crippen MR) is 73.9 cm³/mol. The van der Waals surface area contributed by atoms with Crippen molar-refractivity contribution in [2.45, 2.75) is 18.4 Å². The van der Waals surface area contributed by atoms with Crippen LogP contribution in [0.15, 0.2) is 35.2 Å². The number of nitrogens with one attached hydrogen (secondary N) is 1. The van der Waals surface area contributed by atoms with E-state index in [2.05, 4.69) is 17.9 Å². The summed E-state index contributed by atoms with van der Waals surface area (Å²) in [6, 6.07) is 8.11. The topological polar surface area (TPSA) is 29.1 Å². The van der Waals surface area contributed by atoms with Crippen molar-refractivity contribution in [2.75, 3.05) is 0 Å². The fraction of sp³-hybridized carbons (Fsp3) is 0.154. The van der Waals surface area contributed by atoms with Gasteiger partial charge in [-0.15, -0.1) is 24.0 Å². The van der Waals surface area contributed by atoms with Crippen molar-refractivity contribution in [1.82, 2.24) is 5.32 Å². The largest absolute Gasteiger partial charge is 0.347 e. The fourth-order valence-electron chi connectivity index (χ4n) is 1.50. The van der Waals surface area contributed by atoms with Gasteiger partial charge in [0.05, 0.1) is 6.54 Å². The molecule has 0 saturated heterocycles. The maximum Gasteiger partial charge on any atom is 0.251 e. The Kier molecular flexibility index (Phi) is 4.04. The Labute approximate surface area is 114 Å². The van der Waals surface area contributed by atoms with Crippen LogP contribution in [-0.2, 0) is 6.54 Å². The predicted octanol–water partition coefficient (Wildman–Crippen LogP) is 3.41. The molecule has 1 N–H and O–H groups in total. The van der Waals surface area contributed by atoms with Gasteiger partial charge in [0.15, 0.2) is 0 Å². The molecule has 0 spiro atoms. The van der Waals surface area contributed by atoms with Gasteiger partial charge in [-0.05, 0) is 37.3 Å². The molecule has 0 aliphatic carbocycles.